The van der Waals surface area contributed by atoms with Crippen molar-refractivity contribution in [2.75, 3.05) is 6.54 Å². The Morgan fingerprint density at radius 2 is 1.81 bits per heavy atom. The number of nitrogens with two attached hydrogens (primary N) is 1. The maximum absolute atomic E-state index is 9.81. The van der Waals surface area contributed by atoms with Crippen LogP contribution in [0.25, 0.3) is 0 Å². The molecule has 2 rings (SSSR count). The predicted molar refractivity (Wildman–Crippen MR) is 66.5 cm³/mol. The minimum absolute atomic E-state index is 0.463. The summed E-state index contributed by atoms with van der Waals surface area (Å²) in [6.07, 6.45) is 6.07. The lowest BCUT2D eigenvalue weighted by molar-refractivity contribution is 0.309. The van der Waals surface area contributed by atoms with E-state index in [0.717, 1.165) is 24.4 Å². The smallest absolute Gasteiger partial charge is 0.119 e. The summed E-state index contributed by atoms with van der Waals surface area (Å²) in [5.74, 6) is 1.83. The molecule has 0 unspecified atom stereocenters. The van der Waals surface area contributed by atoms with Gasteiger partial charge in [-0.1, -0.05) is 18.2 Å². The van der Waals surface area contributed by atoms with Crippen molar-refractivity contribution in [3.63, 3.8) is 0 Å². The lowest BCUT2D eigenvalue weighted by Gasteiger charge is -2.28. The third-order valence-corrected chi connectivity index (χ3v) is 3.80. The second-order valence-corrected chi connectivity index (χ2v) is 4.85. The van der Waals surface area contributed by atoms with Gasteiger partial charge in [-0.3, -0.25) is 0 Å². The summed E-state index contributed by atoms with van der Waals surface area (Å²) in [6.45, 7) is 0.811. The van der Waals surface area contributed by atoms with Gasteiger partial charge >= 0.3 is 0 Å². The fourth-order valence-electron chi connectivity index (χ4n) is 2.83. The molecule has 0 spiro atoms. The molecule has 88 valence electrons. The van der Waals surface area contributed by atoms with E-state index in [4.69, 9.17) is 5.73 Å². The van der Waals surface area contributed by atoms with Crippen LogP contribution in [0.2, 0.25) is 0 Å². The Hall–Kier alpha value is -1.02. The van der Waals surface area contributed by atoms with Crippen LogP contribution in [0.4, 0.5) is 0 Å². The molecule has 0 bridgehead atoms. The van der Waals surface area contributed by atoms with Gasteiger partial charge < -0.3 is 10.8 Å². The van der Waals surface area contributed by atoms with E-state index in [-0.39, 0.29) is 0 Å². The summed E-state index contributed by atoms with van der Waals surface area (Å²) in [5.41, 5.74) is 6.72. The number of phenols is 1. The van der Waals surface area contributed by atoms with Gasteiger partial charge in [0, 0.05) is 0 Å². The average Bonchev–Trinajstić information content (AvgIpc) is 2.31. The van der Waals surface area contributed by atoms with Crippen LogP contribution in [0.15, 0.2) is 24.3 Å². The first kappa shape index (κ1) is 11.5. The normalized spacial score (nSPS) is 25.6. The number of rotatable bonds is 3. The second kappa shape index (κ2) is 5.35. The van der Waals surface area contributed by atoms with Crippen LogP contribution in [0.3, 0.4) is 0 Å². The summed E-state index contributed by atoms with van der Waals surface area (Å²) in [5, 5.41) is 9.81. The van der Waals surface area contributed by atoms with Gasteiger partial charge in [0.25, 0.3) is 0 Å². The first-order valence-electron chi connectivity index (χ1n) is 6.29. The maximum atomic E-state index is 9.81. The topological polar surface area (TPSA) is 46.2 Å². The van der Waals surface area contributed by atoms with Crippen LogP contribution in [-0.4, -0.2) is 11.7 Å². The molecule has 2 nitrogen and oxygen atoms in total. The van der Waals surface area contributed by atoms with Crippen LogP contribution in [0, 0.1) is 5.92 Å². The highest BCUT2D eigenvalue weighted by Crippen LogP contribution is 2.39. The summed E-state index contributed by atoms with van der Waals surface area (Å²) in [7, 11) is 0. The monoisotopic (exact) mass is 219 g/mol. The number of para-hydroxylation sites is 1. The van der Waals surface area contributed by atoms with Crippen LogP contribution >= 0.6 is 0 Å². The van der Waals surface area contributed by atoms with Gasteiger partial charge in [-0.05, 0) is 62.1 Å². The minimum Gasteiger partial charge on any atom is -0.508 e. The van der Waals surface area contributed by atoms with E-state index in [1.807, 2.05) is 12.1 Å². The quantitative estimate of drug-likeness (QED) is 0.821. The molecule has 1 saturated carbocycles. The molecule has 0 heterocycles. The Kier molecular flexibility index (Phi) is 3.83. The fraction of sp³-hybridized carbons (Fsp3) is 0.571. The van der Waals surface area contributed by atoms with Crippen molar-refractivity contribution in [1.82, 2.24) is 0 Å². The highest BCUT2D eigenvalue weighted by molar-refractivity contribution is 5.35. The molecule has 0 radical (unpaired) electrons. The number of hydrogen-bond acceptors (Lipinski definition) is 2. The van der Waals surface area contributed by atoms with Gasteiger partial charge in [-0.2, -0.15) is 0 Å². The van der Waals surface area contributed by atoms with E-state index in [1.165, 1.54) is 25.7 Å². The summed E-state index contributed by atoms with van der Waals surface area (Å²) >= 11 is 0. The van der Waals surface area contributed by atoms with Crippen molar-refractivity contribution in [3.05, 3.63) is 29.8 Å². The SMILES string of the molecule is NCCC1CCC(c2ccccc2O)CC1. The molecular weight excluding hydrogens is 198 g/mol. The summed E-state index contributed by atoms with van der Waals surface area (Å²) < 4.78 is 0. The van der Waals surface area contributed by atoms with Crippen molar-refractivity contribution in [2.45, 2.75) is 38.0 Å². The molecule has 3 N–H and O–H groups in total. The second-order valence-electron chi connectivity index (χ2n) is 4.85. The zero-order chi connectivity index (χ0) is 11.4. The fourth-order valence-corrected chi connectivity index (χ4v) is 2.83. The highest BCUT2D eigenvalue weighted by atomic mass is 16.3. The Morgan fingerprint density at radius 1 is 1.12 bits per heavy atom. The maximum Gasteiger partial charge on any atom is 0.119 e. The number of benzene rings is 1. The van der Waals surface area contributed by atoms with E-state index in [0.29, 0.717) is 11.7 Å². The first-order valence-corrected chi connectivity index (χ1v) is 6.29. The molecule has 1 aromatic carbocycles. The molecule has 0 atom stereocenters. The lowest BCUT2D eigenvalue weighted by Crippen LogP contribution is -2.16. The zero-order valence-corrected chi connectivity index (χ0v) is 9.73. The molecule has 16 heavy (non-hydrogen) atoms. The Labute approximate surface area is 97.5 Å². The largest absolute Gasteiger partial charge is 0.508 e. The zero-order valence-electron chi connectivity index (χ0n) is 9.73. The number of hydrogen-bond donors (Lipinski definition) is 2. The minimum atomic E-state index is 0.463. The van der Waals surface area contributed by atoms with Gasteiger partial charge in [-0.15, -0.1) is 0 Å². The molecule has 1 aliphatic carbocycles. The van der Waals surface area contributed by atoms with E-state index in [1.54, 1.807) is 6.07 Å². The van der Waals surface area contributed by atoms with Crippen molar-refractivity contribution >= 4 is 0 Å². The van der Waals surface area contributed by atoms with Crippen molar-refractivity contribution in [3.8, 4) is 5.75 Å². The van der Waals surface area contributed by atoms with Gasteiger partial charge in [0.1, 0.15) is 5.75 Å². The summed E-state index contributed by atoms with van der Waals surface area (Å²) in [6, 6.07) is 7.75. The molecule has 0 aromatic heterocycles. The van der Waals surface area contributed by atoms with Crippen LogP contribution in [0.5, 0.6) is 5.75 Å². The molecule has 2 heteroatoms. The van der Waals surface area contributed by atoms with E-state index in [2.05, 4.69) is 6.07 Å². The molecule has 0 amide bonds. The van der Waals surface area contributed by atoms with E-state index >= 15 is 0 Å². The summed E-state index contributed by atoms with van der Waals surface area (Å²) in [4.78, 5) is 0. The molecule has 1 aliphatic rings. The van der Waals surface area contributed by atoms with Crippen LogP contribution in [-0.2, 0) is 0 Å². The Morgan fingerprint density at radius 3 is 2.44 bits per heavy atom. The van der Waals surface area contributed by atoms with Gasteiger partial charge in [0.15, 0.2) is 0 Å². The highest BCUT2D eigenvalue weighted by Gasteiger charge is 2.23. The third kappa shape index (κ3) is 2.56. The first-order chi connectivity index (χ1) is 7.81. The van der Waals surface area contributed by atoms with E-state index < -0.39 is 0 Å². The molecular formula is C14H21NO. The standard InChI is InChI=1S/C14H21NO/c15-10-9-11-5-7-12(8-6-11)13-3-1-2-4-14(13)16/h1-4,11-12,16H,5-10,15H2. The number of phenolic OH excluding ortho intramolecular Hbond substituents is 1. The van der Waals surface area contributed by atoms with E-state index in [9.17, 15) is 5.11 Å². The third-order valence-electron chi connectivity index (χ3n) is 3.80. The number of aromatic hydroxyl groups is 1. The molecule has 0 aliphatic heterocycles. The van der Waals surface area contributed by atoms with Crippen LogP contribution in [0.1, 0.15) is 43.6 Å². The molecule has 1 aromatic rings. The predicted octanol–water partition coefficient (Wildman–Crippen LogP) is 3.01. The van der Waals surface area contributed by atoms with Crippen molar-refractivity contribution < 1.29 is 5.11 Å². The van der Waals surface area contributed by atoms with Gasteiger partial charge in [0.2, 0.25) is 0 Å². The van der Waals surface area contributed by atoms with Crippen molar-refractivity contribution in [2.24, 2.45) is 11.7 Å². The Bertz CT molecular complexity index is 329. The van der Waals surface area contributed by atoms with Gasteiger partial charge in [-0.25, -0.2) is 0 Å². The molecule has 0 saturated heterocycles. The van der Waals surface area contributed by atoms with Crippen LogP contribution < -0.4 is 5.73 Å². The van der Waals surface area contributed by atoms with Crippen molar-refractivity contribution in [1.29, 1.82) is 0 Å². The van der Waals surface area contributed by atoms with Gasteiger partial charge in [0.05, 0.1) is 0 Å². The Balaban J connectivity index is 1.96. The average molecular weight is 219 g/mol. The molecule has 1 fully saturated rings. The lowest BCUT2D eigenvalue weighted by atomic mass is 9.77.